The summed E-state index contributed by atoms with van der Waals surface area (Å²) in [4.78, 5) is 25.3. The molecule has 1 saturated carbocycles. The summed E-state index contributed by atoms with van der Waals surface area (Å²) in [7, 11) is 0. The highest BCUT2D eigenvalue weighted by molar-refractivity contribution is 5.95. The Bertz CT molecular complexity index is 329. The maximum absolute atomic E-state index is 11.8. The molecule has 2 rings (SSSR count). The summed E-state index contributed by atoms with van der Waals surface area (Å²) in [6.45, 7) is 1.25. The number of carbonyl (C=O) groups excluding carboxylic acids is 2. The summed E-state index contributed by atoms with van der Waals surface area (Å²) in [6.07, 6.45) is 5.94. The zero-order chi connectivity index (χ0) is 13.7. The normalized spacial score (nSPS) is 23.9. The van der Waals surface area contributed by atoms with Crippen LogP contribution in [0.25, 0.3) is 0 Å². The number of piperidine rings is 1. The molecule has 108 valence electrons. The Kier molecular flexibility index (Phi) is 5.15. The van der Waals surface area contributed by atoms with E-state index >= 15 is 0 Å². The van der Waals surface area contributed by atoms with Crippen LogP contribution in [0.3, 0.4) is 0 Å². The van der Waals surface area contributed by atoms with E-state index in [-0.39, 0.29) is 37.2 Å². The van der Waals surface area contributed by atoms with Gasteiger partial charge in [0.2, 0.25) is 5.91 Å². The Morgan fingerprint density at radius 1 is 1.21 bits per heavy atom. The fourth-order valence-corrected chi connectivity index (χ4v) is 2.54. The Morgan fingerprint density at radius 2 is 2.00 bits per heavy atom. The quantitative estimate of drug-likeness (QED) is 0.666. The van der Waals surface area contributed by atoms with Crippen LogP contribution in [0.4, 0.5) is 4.79 Å². The molecular formula is C13H23N3O3. The van der Waals surface area contributed by atoms with Crippen LogP contribution in [-0.4, -0.2) is 53.7 Å². The molecule has 2 fully saturated rings. The van der Waals surface area contributed by atoms with Crippen LogP contribution in [0.2, 0.25) is 0 Å². The van der Waals surface area contributed by atoms with Gasteiger partial charge in [-0.15, -0.1) is 0 Å². The molecule has 19 heavy (non-hydrogen) atoms. The molecule has 0 spiro atoms. The Morgan fingerprint density at radius 3 is 2.68 bits per heavy atom. The van der Waals surface area contributed by atoms with Gasteiger partial charge in [-0.1, -0.05) is 6.42 Å². The molecule has 6 nitrogen and oxygen atoms in total. The average Bonchev–Trinajstić information content (AvgIpc) is 3.15. The summed E-state index contributed by atoms with van der Waals surface area (Å²) >= 11 is 0. The first-order valence-corrected chi connectivity index (χ1v) is 7.14. The van der Waals surface area contributed by atoms with Crippen LogP contribution in [0.15, 0.2) is 0 Å². The smallest absolute Gasteiger partial charge is 0.321 e. The van der Waals surface area contributed by atoms with Gasteiger partial charge in [-0.25, -0.2) is 4.79 Å². The number of rotatable bonds is 5. The third-order valence-corrected chi connectivity index (χ3v) is 3.72. The van der Waals surface area contributed by atoms with Gasteiger partial charge >= 0.3 is 6.03 Å². The highest BCUT2D eigenvalue weighted by atomic mass is 16.3. The van der Waals surface area contributed by atoms with E-state index < -0.39 is 0 Å². The molecule has 0 aromatic carbocycles. The number of urea groups is 1. The van der Waals surface area contributed by atoms with E-state index in [4.69, 9.17) is 5.11 Å². The van der Waals surface area contributed by atoms with Gasteiger partial charge in [0.25, 0.3) is 0 Å². The molecule has 1 atom stereocenters. The number of nitrogens with one attached hydrogen (secondary N) is 2. The topological polar surface area (TPSA) is 81.7 Å². The van der Waals surface area contributed by atoms with Crippen LogP contribution in [0, 0.1) is 0 Å². The molecule has 1 heterocycles. The highest BCUT2D eigenvalue weighted by Gasteiger charge is 2.26. The third kappa shape index (κ3) is 4.80. The molecular weight excluding hydrogens is 246 g/mol. The number of hydrogen-bond donors (Lipinski definition) is 3. The number of aliphatic hydroxyl groups excluding tert-OH is 1. The lowest BCUT2D eigenvalue weighted by atomic mass is 10.00. The van der Waals surface area contributed by atoms with Gasteiger partial charge in [0.05, 0.1) is 6.54 Å². The number of carbonyl (C=O) groups is 2. The summed E-state index contributed by atoms with van der Waals surface area (Å²) in [5.41, 5.74) is 0. The van der Waals surface area contributed by atoms with Crippen LogP contribution in [0.5, 0.6) is 0 Å². The molecule has 6 heteroatoms. The summed E-state index contributed by atoms with van der Waals surface area (Å²) in [5, 5.41) is 14.1. The third-order valence-electron chi connectivity index (χ3n) is 3.72. The largest absolute Gasteiger partial charge is 0.396 e. The van der Waals surface area contributed by atoms with E-state index in [0.717, 1.165) is 38.6 Å². The number of nitrogens with zero attached hydrogens (tertiary/aromatic N) is 1. The SMILES string of the molecule is O=C(CN1CCCCC1CCO)NC(=O)NC1CC1. The number of hydrogen-bond acceptors (Lipinski definition) is 4. The first kappa shape index (κ1) is 14.3. The molecule has 1 aliphatic carbocycles. The second-order valence-corrected chi connectivity index (χ2v) is 5.43. The Balaban J connectivity index is 1.73. The van der Waals surface area contributed by atoms with E-state index in [1.807, 2.05) is 0 Å². The van der Waals surface area contributed by atoms with Crippen LogP contribution >= 0.6 is 0 Å². The monoisotopic (exact) mass is 269 g/mol. The molecule has 0 bridgehead atoms. The fraction of sp³-hybridized carbons (Fsp3) is 0.846. The lowest BCUT2D eigenvalue weighted by Crippen LogP contribution is -2.49. The second-order valence-electron chi connectivity index (χ2n) is 5.43. The minimum atomic E-state index is -0.386. The minimum absolute atomic E-state index is 0.144. The van der Waals surface area contributed by atoms with Crippen LogP contribution in [0.1, 0.15) is 38.5 Å². The number of amides is 3. The number of imide groups is 1. The summed E-state index contributed by atoms with van der Waals surface area (Å²) in [5.74, 6) is -0.261. The molecule has 3 amide bonds. The predicted octanol–water partition coefficient (Wildman–Crippen LogP) is 0.212. The van der Waals surface area contributed by atoms with E-state index in [9.17, 15) is 9.59 Å². The molecule has 1 saturated heterocycles. The summed E-state index contributed by atoms with van der Waals surface area (Å²) in [6, 6.07) is 0.129. The van der Waals surface area contributed by atoms with Gasteiger partial charge in [0.15, 0.2) is 0 Å². The van der Waals surface area contributed by atoms with Gasteiger partial charge in [0, 0.05) is 18.7 Å². The van der Waals surface area contributed by atoms with E-state index in [1.54, 1.807) is 0 Å². The standard InChI is InChI=1S/C13H23N3O3/c17-8-6-11-3-1-2-7-16(11)9-12(18)15-13(19)14-10-4-5-10/h10-11,17H,1-9H2,(H2,14,15,18,19). The minimum Gasteiger partial charge on any atom is -0.396 e. The Hall–Kier alpha value is -1.14. The van der Waals surface area contributed by atoms with Crippen molar-refractivity contribution >= 4 is 11.9 Å². The first-order chi connectivity index (χ1) is 9.19. The van der Waals surface area contributed by atoms with E-state index in [2.05, 4.69) is 15.5 Å². The maximum Gasteiger partial charge on any atom is 0.321 e. The first-order valence-electron chi connectivity index (χ1n) is 7.14. The lowest BCUT2D eigenvalue weighted by Gasteiger charge is -2.34. The highest BCUT2D eigenvalue weighted by Crippen LogP contribution is 2.19. The van der Waals surface area contributed by atoms with Gasteiger partial charge in [-0.3, -0.25) is 15.0 Å². The molecule has 0 aromatic heterocycles. The van der Waals surface area contributed by atoms with Crippen LogP contribution in [-0.2, 0) is 4.79 Å². The van der Waals surface area contributed by atoms with Gasteiger partial charge < -0.3 is 10.4 Å². The van der Waals surface area contributed by atoms with Gasteiger partial charge in [-0.05, 0) is 38.6 Å². The lowest BCUT2D eigenvalue weighted by molar-refractivity contribution is -0.122. The molecule has 2 aliphatic rings. The van der Waals surface area contributed by atoms with Crippen molar-refractivity contribution in [1.29, 1.82) is 0 Å². The molecule has 1 unspecified atom stereocenters. The average molecular weight is 269 g/mol. The van der Waals surface area contributed by atoms with Gasteiger partial charge in [-0.2, -0.15) is 0 Å². The van der Waals surface area contributed by atoms with Crippen molar-refractivity contribution in [3.8, 4) is 0 Å². The zero-order valence-corrected chi connectivity index (χ0v) is 11.2. The van der Waals surface area contributed by atoms with Crippen molar-refractivity contribution in [1.82, 2.24) is 15.5 Å². The van der Waals surface area contributed by atoms with Crippen molar-refractivity contribution in [2.45, 2.75) is 50.6 Å². The Labute approximate surface area is 113 Å². The number of aliphatic hydroxyl groups is 1. The van der Waals surface area contributed by atoms with Crippen molar-refractivity contribution in [2.75, 3.05) is 19.7 Å². The fourth-order valence-electron chi connectivity index (χ4n) is 2.54. The predicted molar refractivity (Wildman–Crippen MR) is 70.6 cm³/mol. The maximum atomic E-state index is 11.8. The van der Waals surface area contributed by atoms with Crippen molar-refractivity contribution in [3.05, 3.63) is 0 Å². The molecule has 3 N–H and O–H groups in total. The van der Waals surface area contributed by atoms with Gasteiger partial charge in [0.1, 0.15) is 0 Å². The van der Waals surface area contributed by atoms with Crippen molar-refractivity contribution in [3.63, 3.8) is 0 Å². The second kappa shape index (κ2) is 6.86. The van der Waals surface area contributed by atoms with Crippen molar-refractivity contribution < 1.29 is 14.7 Å². The van der Waals surface area contributed by atoms with E-state index in [0.29, 0.717) is 6.42 Å². The molecule has 0 radical (unpaired) electrons. The summed E-state index contributed by atoms with van der Waals surface area (Å²) < 4.78 is 0. The molecule has 1 aliphatic heterocycles. The zero-order valence-electron chi connectivity index (χ0n) is 11.2. The van der Waals surface area contributed by atoms with Crippen LogP contribution < -0.4 is 10.6 Å². The van der Waals surface area contributed by atoms with E-state index in [1.165, 1.54) is 0 Å². The van der Waals surface area contributed by atoms with Crippen molar-refractivity contribution in [2.24, 2.45) is 0 Å². The number of likely N-dealkylation sites (tertiary alicyclic amines) is 1. The molecule has 0 aromatic rings.